The molecule has 0 fully saturated rings. The summed E-state index contributed by atoms with van der Waals surface area (Å²) < 4.78 is 0. The molecular weight excluding hydrogens is 284 g/mol. The first-order valence-electron chi connectivity index (χ1n) is 6.78. The molecule has 1 aliphatic carbocycles. The van der Waals surface area contributed by atoms with Gasteiger partial charge in [0.25, 0.3) is 0 Å². The van der Waals surface area contributed by atoms with Gasteiger partial charge in [-0.25, -0.2) is 0 Å². The first-order valence-corrected chi connectivity index (χ1v) is 7.60. The van der Waals surface area contributed by atoms with Crippen LogP contribution in [-0.2, 0) is 11.2 Å². The van der Waals surface area contributed by atoms with Crippen LogP contribution in [0.2, 0.25) is 0 Å². The third-order valence-electron chi connectivity index (χ3n) is 3.53. The Bertz CT molecular complexity index is 693. The molecule has 1 aromatic heterocycles. The number of nitrogens with zero attached hydrogens (tertiary/aromatic N) is 2. The molecule has 0 bridgehead atoms. The number of benzene rings is 1. The van der Waals surface area contributed by atoms with E-state index < -0.39 is 0 Å². The number of aromatic nitrogens is 2. The largest absolute Gasteiger partial charge is 0.374 e. The maximum atomic E-state index is 12.2. The van der Waals surface area contributed by atoms with Crippen LogP contribution in [0.4, 0.5) is 5.13 Å². The Morgan fingerprint density at radius 2 is 2.10 bits per heavy atom. The van der Waals surface area contributed by atoms with Gasteiger partial charge in [0.2, 0.25) is 11.0 Å². The van der Waals surface area contributed by atoms with Gasteiger partial charge in [0.1, 0.15) is 5.01 Å². The van der Waals surface area contributed by atoms with Gasteiger partial charge < -0.3 is 11.1 Å². The Morgan fingerprint density at radius 1 is 1.33 bits per heavy atom. The Hall–Kier alpha value is -2.21. The van der Waals surface area contributed by atoms with Crippen LogP contribution in [0.15, 0.2) is 35.9 Å². The van der Waals surface area contributed by atoms with Crippen LogP contribution in [0.25, 0.3) is 5.57 Å². The zero-order valence-electron chi connectivity index (χ0n) is 11.7. The van der Waals surface area contributed by atoms with Crippen molar-refractivity contribution < 1.29 is 4.79 Å². The molecule has 1 aromatic carbocycles. The molecule has 3 N–H and O–H groups in total. The van der Waals surface area contributed by atoms with Gasteiger partial charge in [-0.2, -0.15) is 0 Å². The highest BCUT2D eigenvalue weighted by molar-refractivity contribution is 7.15. The number of rotatable bonds is 5. The molecule has 6 heteroatoms. The molecule has 3 rings (SSSR count). The molecular formula is C15H16N4OS. The molecule has 0 aliphatic heterocycles. The topological polar surface area (TPSA) is 80.9 Å². The summed E-state index contributed by atoms with van der Waals surface area (Å²) in [7, 11) is 0. The maximum Gasteiger partial charge on any atom is 0.231 e. The molecule has 0 saturated carbocycles. The Balaban J connectivity index is 1.51. The van der Waals surface area contributed by atoms with Crippen molar-refractivity contribution in [3.05, 3.63) is 46.5 Å². The quantitative estimate of drug-likeness (QED) is 0.883. The van der Waals surface area contributed by atoms with E-state index in [0.29, 0.717) is 18.1 Å². The average molecular weight is 300 g/mol. The first-order chi connectivity index (χ1) is 10.2. The fourth-order valence-corrected chi connectivity index (χ4v) is 3.04. The summed E-state index contributed by atoms with van der Waals surface area (Å²) in [5.41, 5.74) is 8.95. The lowest BCUT2D eigenvalue weighted by molar-refractivity contribution is -0.121. The summed E-state index contributed by atoms with van der Waals surface area (Å²) in [5.74, 6) is -0.0178. The lowest BCUT2D eigenvalue weighted by atomic mass is 10.1. The molecule has 108 valence electrons. The van der Waals surface area contributed by atoms with Crippen molar-refractivity contribution in [3.63, 3.8) is 0 Å². The average Bonchev–Trinajstić information content (AvgIpc) is 2.99. The number of nitrogens with one attached hydrogen (secondary N) is 1. The molecule has 1 heterocycles. The summed E-state index contributed by atoms with van der Waals surface area (Å²) in [5, 5.41) is 11.9. The molecule has 1 atom stereocenters. The van der Waals surface area contributed by atoms with Gasteiger partial charge in [-0.05, 0) is 18.1 Å². The zero-order valence-corrected chi connectivity index (χ0v) is 12.5. The smallest absolute Gasteiger partial charge is 0.231 e. The number of carbonyl (C=O) groups excluding carboxylic acids is 1. The van der Waals surface area contributed by atoms with Gasteiger partial charge in [-0.15, -0.1) is 10.2 Å². The fourth-order valence-electron chi connectivity index (χ4n) is 2.43. The first kappa shape index (κ1) is 13.8. The minimum atomic E-state index is -0.0770. The molecule has 21 heavy (non-hydrogen) atoms. The van der Waals surface area contributed by atoms with E-state index in [1.165, 1.54) is 11.3 Å². The number of anilines is 1. The minimum Gasteiger partial charge on any atom is -0.374 e. The van der Waals surface area contributed by atoms with Crippen LogP contribution < -0.4 is 11.1 Å². The van der Waals surface area contributed by atoms with Gasteiger partial charge in [-0.1, -0.05) is 47.2 Å². The number of carbonyl (C=O) groups is 1. The maximum absolute atomic E-state index is 12.2. The van der Waals surface area contributed by atoms with Crippen molar-refractivity contribution >= 4 is 27.9 Å². The molecule has 1 unspecified atom stereocenters. The number of amides is 1. The highest BCUT2D eigenvalue weighted by Crippen LogP contribution is 2.46. The summed E-state index contributed by atoms with van der Waals surface area (Å²) in [6, 6.07) is 10.0. The molecule has 0 radical (unpaired) electrons. The minimum absolute atomic E-state index is 0.0591. The molecule has 1 amide bonds. The highest BCUT2D eigenvalue weighted by atomic mass is 32.1. The standard InChI is InChI=1S/C15H16N4OS/c1-9-12(10-5-3-2-4-6-10)13(9)14(20)17-8-7-11-18-19-15(16)21-11/h2-6,13H,7-8H2,1H3,(H2,16,19)(H,17,20). The predicted octanol–water partition coefficient (Wildman–Crippen LogP) is 1.88. The van der Waals surface area contributed by atoms with Gasteiger partial charge in [0, 0.05) is 13.0 Å². The Labute approximate surface area is 126 Å². The summed E-state index contributed by atoms with van der Waals surface area (Å²) in [4.78, 5) is 12.2. The molecule has 5 nitrogen and oxygen atoms in total. The molecule has 0 spiro atoms. The van der Waals surface area contributed by atoms with Crippen LogP contribution in [0, 0.1) is 5.92 Å². The third-order valence-corrected chi connectivity index (χ3v) is 4.34. The zero-order chi connectivity index (χ0) is 14.8. The molecule has 1 aliphatic rings. The second-order valence-corrected chi connectivity index (χ2v) is 6.06. The van der Waals surface area contributed by atoms with Crippen LogP contribution in [-0.4, -0.2) is 22.6 Å². The van der Waals surface area contributed by atoms with E-state index in [1.807, 2.05) is 37.3 Å². The van der Waals surface area contributed by atoms with E-state index in [-0.39, 0.29) is 11.8 Å². The van der Waals surface area contributed by atoms with E-state index in [1.54, 1.807) is 0 Å². The number of hydrogen-bond donors (Lipinski definition) is 2. The van der Waals surface area contributed by atoms with Crippen LogP contribution in [0.3, 0.4) is 0 Å². The SMILES string of the molecule is CC1=C(c2ccccc2)C1C(=O)NCCc1nnc(N)s1. The van der Waals surface area contributed by atoms with Crippen molar-refractivity contribution in [2.45, 2.75) is 13.3 Å². The number of hydrogen-bond acceptors (Lipinski definition) is 5. The van der Waals surface area contributed by atoms with Crippen molar-refractivity contribution in [1.29, 1.82) is 0 Å². The van der Waals surface area contributed by atoms with E-state index in [9.17, 15) is 4.79 Å². The van der Waals surface area contributed by atoms with E-state index in [4.69, 9.17) is 5.73 Å². The van der Waals surface area contributed by atoms with Crippen molar-refractivity contribution in [1.82, 2.24) is 15.5 Å². The van der Waals surface area contributed by atoms with Crippen molar-refractivity contribution in [2.24, 2.45) is 5.92 Å². The fraction of sp³-hybridized carbons (Fsp3) is 0.267. The Kier molecular flexibility index (Phi) is 3.70. The van der Waals surface area contributed by atoms with Gasteiger partial charge in [0.15, 0.2) is 0 Å². The monoisotopic (exact) mass is 300 g/mol. The second-order valence-electron chi connectivity index (χ2n) is 4.97. The normalized spacial score (nSPS) is 16.9. The highest BCUT2D eigenvalue weighted by Gasteiger charge is 2.39. The van der Waals surface area contributed by atoms with E-state index in [0.717, 1.165) is 21.7 Å². The summed E-state index contributed by atoms with van der Waals surface area (Å²) in [6.45, 7) is 2.57. The molecule has 0 saturated heterocycles. The lowest BCUT2D eigenvalue weighted by Crippen LogP contribution is -2.28. The van der Waals surface area contributed by atoms with Crippen LogP contribution >= 0.6 is 11.3 Å². The lowest BCUT2D eigenvalue weighted by Gasteiger charge is -2.04. The van der Waals surface area contributed by atoms with E-state index >= 15 is 0 Å². The van der Waals surface area contributed by atoms with Gasteiger partial charge in [-0.3, -0.25) is 4.79 Å². The van der Waals surface area contributed by atoms with Gasteiger partial charge in [0.05, 0.1) is 5.92 Å². The third kappa shape index (κ3) is 2.95. The van der Waals surface area contributed by atoms with Crippen LogP contribution in [0.1, 0.15) is 17.5 Å². The number of nitrogen functional groups attached to an aromatic ring is 1. The number of nitrogens with two attached hydrogens (primary N) is 1. The second kappa shape index (κ2) is 5.65. The van der Waals surface area contributed by atoms with E-state index in [2.05, 4.69) is 15.5 Å². The Morgan fingerprint density at radius 3 is 2.76 bits per heavy atom. The summed E-state index contributed by atoms with van der Waals surface area (Å²) >= 11 is 1.36. The van der Waals surface area contributed by atoms with Crippen molar-refractivity contribution in [3.8, 4) is 0 Å². The summed E-state index contributed by atoms with van der Waals surface area (Å²) in [6.07, 6.45) is 0.660. The van der Waals surface area contributed by atoms with Crippen LogP contribution in [0.5, 0.6) is 0 Å². The molecule has 2 aromatic rings. The predicted molar refractivity (Wildman–Crippen MR) is 83.6 cm³/mol. The van der Waals surface area contributed by atoms with Gasteiger partial charge >= 0.3 is 0 Å². The van der Waals surface area contributed by atoms with Crippen molar-refractivity contribution in [2.75, 3.05) is 12.3 Å².